The predicted molar refractivity (Wildman–Crippen MR) is 93.1 cm³/mol. The van der Waals surface area contributed by atoms with Crippen molar-refractivity contribution < 1.29 is 18.3 Å². The molecule has 0 amide bonds. The molecular weight excluding hydrogens is 354 g/mol. The smallest absolute Gasteiger partial charge is 0.224 e. The first-order valence-electron chi connectivity index (χ1n) is 7.86. The van der Waals surface area contributed by atoms with Crippen molar-refractivity contribution in [2.45, 2.75) is 44.6 Å². The van der Waals surface area contributed by atoms with Crippen molar-refractivity contribution in [1.82, 2.24) is 9.97 Å². The summed E-state index contributed by atoms with van der Waals surface area (Å²) >= 11 is 5.98. The Hall–Kier alpha value is -0.960. The fourth-order valence-electron chi connectivity index (χ4n) is 2.44. The molecule has 0 aromatic carbocycles. The standard InChI is InChI=1S/C15H24ClN3O4S/c1-11-9-23-6-5-19(11)13-8-12(17-14(16)18-13)10-24(21,22)7-4-15(2,3)20/h8,11,20H,4-7,9-10H2,1-3H3/t11-/m0/s1. The monoisotopic (exact) mass is 377 g/mol. The molecule has 0 bridgehead atoms. The summed E-state index contributed by atoms with van der Waals surface area (Å²) in [6, 6.07) is 1.79. The van der Waals surface area contributed by atoms with E-state index in [0.717, 1.165) is 0 Å². The lowest BCUT2D eigenvalue weighted by Crippen LogP contribution is -2.44. The first-order valence-corrected chi connectivity index (χ1v) is 10.1. The lowest BCUT2D eigenvalue weighted by atomic mass is 10.1. The largest absolute Gasteiger partial charge is 0.390 e. The third kappa shape index (κ3) is 5.84. The summed E-state index contributed by atoms with van der Waals surface area (Å²) in [5, 5.41) is 9.73. The summed E-state index contributed by atoms with van der Waals surface area (Å²) in [5.74, 6) is 0.275. The van der Waals surface area contributed by atoms with Crippen molar-refractivity contribution in [1.29, 1.82) is 0 Å². The van der Waals surface area contributed by atoms with Crippen LogP contribution in [0.4, 0.5) is 5.82 Å². The summed E-state index contributed by atoms with van der Waals surface area (Å²) in [4.78, 5) is 10.3. The Balaban J connectivity index is 2.16. The van der Waals surface area contributed by atoms with Crippen molar-refractivity contribution >= 4 is 27.3 Å². The SMILES string of the molecule is C[C@H]1COCCN1c1cc(CS(=O)(=O)CCC(C)(C)O)nc(Cl)n1. The summed E-state index contributed by atoms with van der Waals surface area (Å²) in [6.07, 6.45) is 0.168. The van der Waals surface area contributed by atoms with Gasteiger partial charge in [-0.25, -0.2) is 18.4 Å². The van der Waals surface area contributed by atoms with Gasteiger partial charge in [0.15, 0.2) is 9.84 Å². The molecule has 0 saturated carbocycles. The minimum Gasteiger partial charge on any atom is -0.390 e. The number of halogens is 1. The van der Waals surface area contributed by atoms with Gasteiger partial charge in [0.05, 0.1) is 42.1 Å². The van der Waals surface area contributed by atoms with Crippen LogP contribution in [0.2, 0.25) is 5.28 Å². The molecule has 1 aliphatic heterocycles. The summed E-state index contributed by atoms with van der Waals surface area (Å²) < 4.78 is 29.9. The number of rotatable bonds is 6. The zero-order valence-electron chi connectivity index (χ0n) is 14.2. The lowest BCUT2D eigenvalue weighted by Gasteiger charge is -2.34. The Morgan fingerprint density at radius 3 is 2.79 bits per heavy atom. The fraction of sp³-hybridized carbons (Fsp3) is 0.733. The first kappa shape index (κ1) is 19.4. The Morgan fingerprint density at radius 2 is 2.17 bits per heavy atom. The van der Waals surface area contributed by atoms with E-state index in [9.17, 15) is 13.5 Å². The number of aliphatic hydroxyl groups is 1. The highest BCUT2D eigenvalue weighted by Crippen LogP contribution is 2.21. The number of sulfone groups is 1. The maximum atomic E-state index is 12.3. The zero-order chi connectivity index (χ0) is 18.0. The van der Waals surface area contributed by atoms with E-state index in [-0.39, 0.29) is 29.3 Å². The summed E-state index contributed by atoms with van der Waals surface area (Å²) in [7, 11) is -3.40. The van der Waals surface area contributed by atoms with Gasteiger partial charge in [0, 0.05) is 12.6 Å². The molecule has 1 aromatic heterocycles. The van der Waals surface area contributed by atoms with Gasteiger partial charge in [-0.2, -0.15) is 0 Å². The molecule has 1 aromatic rings. The molecular formula is C15H24ClN3O4S. The van der Waals surface area contributed by atoms with Crippen molar-refractivity contribution in [3.05, 3.63) is 17.0 Å². The van der Waals surface area contributed by atoms with Crippen LogP contribution >= 0.6 is 11.6 Å². The number of hydrogen-bond donors (Lipinski definition) is 1. The van der Waals surface area contributed by atoms with Crippen molar-refractivity contribution in [2.75, 3.05) is 30.4 Å². The van der Waals surface area contributed by atoms with Crippen LogP contribution in [0.15, 0.2) is 6.07 Å². The van der Waals surface area contributed by atoms with E-state index >= 15 is 0 Å². The molecule has 24 heavy (non-hydrogen) atoms. The molecule has 0 aliphatic carbocycles. The van der Waals surface area contributed by atoms with E-state index in [1.54, 1.807) is 19.9 Å². The molecule has 2 rings (SSSR count). The molecule has 136 valence electrons. The second-order valence-electron chi connectivity index (χ2n) is 6.76. The minimum atomic E-state index is -3.40. The Kier molecular flexibility index (Phi) is 6.06. The average molecular weight is 378 g/mol. The molecule has 1 aliphatic rings. The van der Waals surface area contributed by atoms with Crippen LogP contribution in [0.5, 0.6) is 0 Å². The molecule has 0 spiro atoms. The minimum absolute atomic E-state index is 0.0267. The highest BCUT2D eigenvalue weighted by molar-refractivity contribution is 7.90. The average Bonchev–Trinajstić information content (AvgIpc) is 2.44. The summed E-state index contributed by atoms with van der Waals surface area (Å²) in [5.41, 5.74) is -0.662. The van der Waals surface area contributed by atoms with Crippen LogP contribution in [0.25, 0.3) is 0 Å². The Bertz CT molecular complexity index is 676. The lowest BCUT2D eigenvalue weighted by molar-refractivity contribution is 0.0772. The van der Waals surface area contributed by atoms with Crippen LogP contribution in [-0.4, -0.2) is 60.6 Å². The predicted octanol–water partition coefficient (Wildman–Crippen LogP) is 1.43. The number of morpholine rings is 1. The normalized spacial score (nSPS) is 19.5. The second-order valence-corrected chi connectivity index (χ2v) is 9.28. The van der Waals surface area contributed by atoms with Gasteiger partial charge in [0.2, 0.25) is 5.28 Å². The van der Waals surface area contributed by atoms with E-state index in [1.807, 2.05) is 11.8 Å². The van der Waals surface area contributed by atoms with Gasteiger partial charge in [-0.1, -0.05) is 0 Å². The van der Waals surface area contributed by atoms with Crippen LogP contribution < -0.4 is 4.90 Å². The van der Waals surface area contributed by atoms with Gasteiger partial charge in [-0.05, 0) is 38.8 Å². The van der Waals surface area contributed by atoms with E-state index in [2.05, 4.69) is 9.97 Å². The van der Waals surface area contributed by atoms with E-state index in [4.69, 9.17) is 16.3 Å². The zero-order valence-corrected chi connectivity index (χ0v) is 15.8. The number of anilines is 1. The van der Waals surface area contributed by atoms with E-state index < -0.39 is 15.4 Å². The Morgan fingerprint density at radius 1 is 1.46 bits per heavy atom. The maximum absolute atomic E-state index is 12.3. The number of hydrogen-bond acceptors (Lipinski definition) is 7. The van der Waals surface area contributed by atoms with Gasteiger partial charge >= 0.3 is 0 Å². The van der Waals surface area contributed by atoms with Crippen molar-refractivity contribution in [3.63, 3.8) is 0 Å². The molecule has 1 fully saturated rings. The molecule has 0 radical (unpaired) electrons. The van der Waals surface area contributed by atoms with Crippen LogP contribution in [0.3, 0.4) is 0 Å². The third-order valence-corrected chi connectivity index (χ3v) is 5.52. The molecule has 2 heterocycles. The first-order chi connectivity index (χ1) is 11.1. The van der Waals surface area contributed by atoms with Gasteiger partial charge in [-0.3, -0.25) is 0 Å². The number of nitrogens with zero attached hydrogens (tertiary/aromatic N) is 3. The van der Waals surface area contributed by atoms with Gasteiger partial charge in [0.25, 0.3) is 0 Å². The highest BCUT2D eigenvalue weighted by Gasteiger charge is 2.24. The maximum Gasteiger partial charge on any atom is 0.224 e. The van der Waals surface area contributed by atoms with Gasteiger partial charge in [-0.15, -0.1) is 0 Å². The van der Waals surface area contributed by atoms with E-state index in [0.29, 0.717) is 31.3 Å². The third-order valence-electron chi connectivity index (χ3n) is 3.79. The number of ether oxygens (including phenoxy) is 1. The molecule has 1 saturated heterocycles. The fourth-order valence-corrected chi connectivity index (χ4v) is 4.19. The van der Waals surface area contributed by atoms with Gasteiger partial charge in [0.1, 0.15) is 5.82 Å². The van der Waals surface area contributed by atoms with Crippen molar-refractivity contribution in [2.24, 2.45) is 0 Å². The molecule has 1 N–H and O–H groups in total. The van der Waals surface area contributed by atoms with Crippen molar-refractivity contribution in [3.8, 4) is 0 Å². The van der Waals surface area contributed by atoms with E-state index in [1.165, 1.54) is 0 Å². The molecule has 9 heteroatoms. The Labute approximate surface area is 147 Å². The molecule has 1 atom stereocenters. The second kappa shape index (κ2) is 7.51. The van der Waals surface area contributed by atoms with Crippen LogP contribution in [0, 0.1) is 0 Å². The van der Waals surface area contributed by atoms with Crippen LogP contribution in [-0.2, 0) is 20.3 Å². The quantitative estimate of drug-likeness (QED) is 0.749. The van der Waals surface area contributed by atoms with Crippen LogP contribution in [0.1, 0.15) is 32.9 Å². The number of aromatic nitrogens is 2. The molecule has 0 unspecified atom stereocenters. The topological polar surface area (TPSA) is 92.6 Å². The molecule has 7 nitrogen and oxygen atoms in total. The summed E-state index contributed by atoms with van der Waals surface area (Å²) in [6.45, 7) is 7.02. The van der Waals surface area contributed by atoms with Gasteiger partial charge < -0.3 is 14.7 Å². The highest BCUT2D eigenvalue weighted by atomic mass is 35.5.